The number of aromatic nitrogens is 4. The van der Waals surface area contributed by atoms with Gasteiger partial charge in [-0.05, 0) is 31.4 Å². The predicted octanol–water partition coefficient (Wildman–Crippen LogP) is 1.68. The average Bonchev–Trinajstić information content (AvgIpc) is 2.98. The molecular weight excluding hydrogens is 262 g/mol. The summed E-state index contributed by atoms with van der Waals surface area (Å²) < 4.78 is 11.3. The SMILES string of the molecule is CCCNC(c1snnc1C)c1c(OC)cnn1C. The van der Waals surface area contributed by atoms with Crippen LogP contribution in [0.4, 0.5) is 0 Å². The first-order valence-electron chi connectivity index (χ1n) is 6.27. The number of hydrogen-bond acceptors (Lipinski definition) is 6. The predicted molar refractivity (Wildman–Crippen MR) is 74.5 cm³/mol. The number of hydrogen-bond donors (Lipinski definition) is 1. The fourth-order valence-corrected chi connectivity index (χ4v) is 2.74. The molecule has 2 aromatic rings. The molecule has 7 heteroatoms. The number of aryl methyl sites for hydroxylation is 2. The molecule has 0 spiro atoms. The normalized spacial score (nSPS) is 12.6. The van der Waals surface area contributed by atoms with Gasteiger partial charge in [0.05, 0.1) is 29.9 Å². The molecule has 104 valence electrons. The third kappa shape index (κ3) is 2.76. The highest BCUT2D eigenvalue weighted by atomic mass is 32.1. The molecule has 6 nitrogen and oxygen atoms in total. The van der Waals surface area contributed by atoms with Crippen molar-refractivity contribution in [3.05, 3.63) is 22.5 Å². The highest BCUT2D eigenvalue weighted by Gasteiger charge is 2.25. The van der Waals surface area contributed by atoms with Crippen LogP contribution in [0.3, 0.4) is 0 Å². The maximum atomic E-state index is 5.41. The van der Waals surface area contributed by atoms with Crippen LogP contribution in [0.15, 0.2) is 6.20 Å². The van der Waals surface area contributed by atoms with Crippen LogP contribution in [-0.4, -0.2) is 33.0 Å². The van der Waals surface area contributed by atoms with Gasteiger partial charge in [-0.25, -0.2) is 0 Å². The topological polar surface area (TPSA) is 64.9 Å². The minimum Gasteiger partial charge on any atom is -0.493 e. The van der Waals surface area contributed by atoms with E-state index in [9.17, 15) is 0 Å². The van der Waals surface area contributed by atoms with E-state index in [4.69, 9.17) is 4.74 Å². The van der Waals surface area contributed by atoms with Crippen LogP contribution in [0.25, 0.3) is 0 Å². The van der Waals surface area contributed by atoms with Gasteiger partial charge in [0.2, 0.25) is 0 Å². The summed E-state index contributed by atoms with van der Waals surface area (Å²) in [5.74, 6) is 0.781. The first-order valence-corrected chi connectivity index (χ1v) is 7.04. The van der Waals surface area contributed by atoms with Crippen LogP contribution in [0, 0.1) is 6.92 Å². The van der Waals surface area contributed by atoms with Crippen LogP contribution in [0.2, 0.25) is 0 Å². The molecule has 0 aliphatic rings. The second-order valence-corrected chi connectivity index (χ2v) is 5.12. The van der Waals surface area contributed by atoms with Crippen molar-refractivity contribution in [2.75, 3.05) is 13.7 Å². The van der Waals surface area contributed by atoms with Gasteiger partial charge in [0, 0.05) is 7.05 Å². The molecule has 19 heavy (non-hydrogen) atoms. The molecule has 0 aliphatic carbocycles. The zero-order valence-electron chi connectivity index (χ0n) is 11.7. The Morgan fingerprint density at radius 2 is 2.32 bits per heavy atom. The van der Waals surface area contributed by atoms with Crippen molar-refractivity contribution in [3.63, 3.8) is 0 Å². The van der Waals surface area contributed by atoms with Gasteiger partial charge in [0.1, 0.15) is 5.69 Å². The Bertz CT molecular complexity index is 536. The Morgan fingerprint density at radius 3 is 2.89 bits per heavy atom. The molecule has 0 saturated heterocycles. The van der Waals surface area contributed by atoms with Gasteiger partial charge < -0.3 is 10.1 Å². The van der Waals surface area contributed by atoms with Crippen LogP contribution >= 0.6 is 11.5 Å². The molecule has 0 aromatic carbocycles. The Kier molecular flexibility index (Phi) is 4.49. The number of nitrogens with zero attached hydrogens (tertiary/aromatic N) is 4. The summed E-state index contributed by atoms with van der Waals surface area (Å²) in [4.78, 5) is 1.11. The van der Waals surface area contributed by atoms with Crippen LogP contribution in [0.1, 0.15) is 35.7 Å². The molecule has 2 heterocycles. The molecule has 0 amide bonds. The van der Waals surface area contributed by atoms with Crippen molar-refractivity contribution in [3.8, 4) is 5.75 Å². The van der Waals surface area contributed by atoms with E-state index in [1.807, 2.05) is 18.7 Å². The number of nitrogens with one attached hydrogen (secondary N) is 1. The monoisotopic (exact) mass is 281 g/mol. The van der Waals surface area contributed by atoms with Crippen molar-refractivity contribution < 1.29 is 4.74 Å². The van der Waals surface area contributed by atoms with Crippen molar-refractivity contribution >= 4 is 11.5 Å². The van der Waals surface area contributed by atoms with E-state index in [1.54, 1.807) is 13.3 Å². The summed E-state index contributed by atoms with van der Waals surface area (Å²) in [6, 6.07) is 0.0161. The Hall–Kier alpha value is -1.47. The van der Waals surface area contributed by atoms with Gasteiger partial charge in [-0.1, -0.05) is 11.4 Å². The fourth-order valence-electron chi connectivity index (χ4n) is 2.02. The van der Waals surface area contributed by atoms with Crippen LogP contribution in [0.5, 0.6) is 5.75 Å². The quantitative estimate of drug-likeness (QED) is 0.872. The highest BCUT2D eigenvalue weighted by molar-refractivity contribution is 7.05. The molecule has 1 atom stereocenters. The molecule has 0 bridgehead atoms. The summed E-state index contributed by atoms with van der Waals surface area (Å²) >= 11 is 1.41. The summed E-state index contributed by atoms with van der Waals surface area (Å²) in [5.41, 5.74) is 1.95. The van der Waals surface area contributed by atoms with Crippen LogP contribution in [-0.2, 0) is 7.05 Å². The van der Waals surface area contributed by atoms with Gasteiger partial charge in [-0.2, -0.15) is 5.10 Å². The summed E-state index contributed by atoms with van der Waals surface area (Å²) in [5, 5.41) is 11.9. The third-order valence-corrected chi connectivity index (χ3v) is 3.88. The number of methoxy groups -OCH3 is 1. The van der Waals surface area contributed by atoms with E-state index < -0.39 is 0 Å². The maximum absolute atomic E-state index is 5.41. The molecule has 2 rings (SSSR count). The summed E-state index contributed by atoms with van der Waals surface area (Å²) in [6.45, 7) is 5.03. The Balaban J connectivity index is 2.42. The first-order chi connectivity index (χ1) is 9.19. The Morgan fingerprint density at radius 1 is 1.53 bits per heavy atom. The summed E-state index contributed by atoms with van der Waals surface area (Å²) in [6.07, 6.45) is 2.79. The second-order valence-electron chi connectivity index (χ2n) is 4.33. The van der Waals surface area contributed by atoms with Crippen molar-refractivity contribution in [1.82, 2.24) is 24.7 Å². The van der Waals surface area contributed by atoms with E-state index in [1.165, 1.54) is 11.5 Å². The lowest BCUT2D eigenvalue weighted by Crippen LogP contribution is -2.25. The molecule has 1 unspecified atom stereocenters. The van der Waals surface area contributed by atoms with Gasteiger partial charge in [-0.3, -0.25) is 4.68 Å². The Labute approximate surface area is 117 Å². The lowest BCUT2D eigenvalue weighted by Gasteiger charge is -2.18. The lowest BCUT2D eigenvalue weighted by atomic mass is 10.1. The van der Waals surface area contributed by atoms with Gasteiger partial charge >= 0.3 is 0 Å². The maximum Gasteiger partial charge on any atom is 0.161 e. The lowest BCUT2D eigenvalue weighted by molar-refractivity contribution is 0.401. The fraction of sp³-hybridized carbons (Fsp3) is 0.583. The molecule has 0 aliphatic heterocycles. The third-order valence-electron chi connectivity index (χ3n) is 2.99. The zero-order valence-corrected chi connectivity index (χ0v) is 12.5. The van der Waals surface area contributed by atoms with Crippen molar-refractivity contribution in [2.24, 2.45) is 7.05 Å². The van der Waals surface area contributed by atoms with Crippen LogP contribution < -0.4 is 10.1 Å². The molecular formula is C12H19N5OS. The van der Waals surface area contributed by atoms with E-state index in [0.29, 0.717) is 0 Å². The van der Waals surface area contributed by atoms with E-state index in [0.717, 1.165) is 35.0 Å². The van der Waals surface area contributed by atoms with E-state index >= 15 is 0 Å². The average molecular weight is 281 g/mol. The molecule has 2 aromatic heterocycles. The minimum atomic E-state index is 0.0161. The zero-order chi connectivity index (χ0) is 13.8. The number of rotatable bonds is 6. The van der Waals surface area contributed by atoms with Gasteiger partial charge in [0.15, 0.2) is 5.75 Å². The molecule has 0 radical (unpaired) electrons. The summed E-state index contributed by atoms with van der Waals surface area (Å²) in [7, 11) is 3.58. The molecule has 0 fully saturated rings. The standard InChI is InChI=1S/C12H19N5OS/c1-5-6-13-10(12-8(2)15-16-19-12)11-9(18-4)7-14-17(11)3/h7,10,13H,5-6H2,1-4H3. The van der Waals surface area contributed by atoms with E-state index in [-0.39, 0.29) is 6.04 Å². The highest BCUT2D eigenvalue weighted by Crippen LogP contribution is 2.32. The van der Waals surface area contributed by atoms with Crippen molar-refractivity contribution in [1.29, 1.82) is 0 Å². The van der Waals surface area contributed by atoms with E-state index in [2.05, 4.69) is 26.9 Å². The first kappa shape index (κ1) is 14.0. The minimum absolute atomic E-state index is 0.0161. The van der Waals surface area contributed by atoms with Crippen molar-refractivity contribution in [2.45, 2.75) is 26.3 Å². The van der Waals surface area contributed by atoms with Gasteiger partial charge in [0.25, 0.3) is 0 Å². The smallest absolute Gasteiger partial charge is 0.161 e. The molecule has 0 saturated carbocycles. The molecule has 1 N–H and O–H groups in total. The van der Waals surface area contributed by atoms with Gasteiger partial charge in [-0.15, -0.1) is 5.10 Å². The largest absolute Gasteiger partial charge is 0.493 e. The second kappa shape index (κ2) is 6.12. The number of ether oxygens (including phenoxy) is 1.